The SMILES string of the molecule is NC(CCC(F)(F)F)C1CCC1. The van der Waals surface area contributed by atoms with E-state index in [-0.39, 0.29) is 12.5 Å². The van der Waals surface area contributed by atoms with Crippen molar-refractivity contribution in [2.45, 2.75) is 44.3 Å². The lowest BCUT2D eigenvalue weighted by atomic mass is 9.78. The Labute approximate surface area is 70.1 Å². The molecule has 1 aliphatic rings. The van der Waals surface area contributed by atoms with Crippen LogP contribution in [-0.4, -0.2) is 12.2 Å². The van der Waals surface area contributed by atoms with Gasteiger partial charge in [-0.1, -0.05) is 6.42 Å². The fraction of sp³-hybridized carbons (Fsp3) is 1.00. The van der Waals surface area contributed by atoms with E-state index in [1.54, 1.807) is 0 Å². The molecule has 0 aromatic rings. The van der Waals surface area contributed by atoms with Crippen molar-refractivity contribution in [1.29, 1.82) is 0 Å². The van der Waals surface area contributed by atoms with E-state index >= 15 is 0 Å². The van der Waals surface area contributed by atoms with E-state index in [2.05, 4.69) is 0 Å². The molecular formula is C8H14F3N. The van der Waals surface area contributed by atoms with Gasteiger partial charge < -0.3 is 5.73 Å². The highest BCUT2D eigenvalue weighted by molar-refractivity contribution is 4.80. The van der Waals surface area contributed by atoms with Gasteiger partial charge in [0.2, 0.25) is 0 Å². The molecule has 0 saturated heterocycles. The number of alkyl halides is 3. The molecule has 0 aromatic carbocycles. The average molecular weight is 181 g/mol. The van der Waals surface area contributed by atoms with Crippen LogP contribution in [0, 0.1) is 5.92 Å². The van der Waals surface area contributed by atoms with E-state index in [4.69, 9.17) is 5.73 Å². The van der Waals surface area contributed by atoms with E-state index in [1.165, 1.54) is 0 Å². The second-order valence-electron chi connectivity index (χ2n) is 3.51. The van der Waals surface area contributed by atoms with Crippen LogP contribution in [0.5, 0.6) is 0 Å². The number of hydrogen-bond donors (Lipinski definition) is 1. The zero-order valence-corrected chi connectivity index (χ0v) is 6.90. The second-order valence-corrected chi connectivity index (χ2v) is 3.51. The summed E-state index contributed by atoms with van der Waals surface area (Å²) in [5.74, 6) is 0.354. The van der Waals surface area contributed by atoms with Crippen molar-refractivity contribution < 1.29 is 13.2 Å². The van der Waals surface area contributed by atoms with E-state index in [1.807, 2.05) is 0 Å². The molecule has 0 bridgehead atoms. The molecule has 0 aromatic heterocycles. The van der Waals surface area contributed by atoms with Gasteiger partial charge in [0.05, 0.1) is 0 Å². The van der Waals surface area contributed by atoms with Crippen LogP contribution in [0.3, 0.4) is 0 Å². The van der Waals surface area contributed by atoms with Crippen LogP contribution in [0.25, 0.3) is 0 Å². The van der Waals surface area contributed by atoms with Crippen LogP contribution in [0.2, 0.25) is 0 Å². The summed E-state index contributed by atoms with van der Waals surface area (Å²) in [6.07, 6.45) is -1.53. The van der Waals surface area contributed by atoms with Crippen LogP contribution >= 0.6 is 0 Å². The summed E-state index contributed by atoms with van der Waals surface area (Å²) in [6.45, 7) is 0. The molecular weight excluding hydrogens is 167 g/mol. The highest BCUT2D eigenvalue weighted by Crippen LogP contribution is 2.32. The third kappa shape index (κ3) is 3.01. The third-order valence-electron chi connectivity index (χ3n) is 2.52. The Morgan fingerprint density at radius 1 is 1.33 bits per heavy atom. The van der Waals surface area contributed by atoms with Crippen molar-refractivity contribution in [2.24, 2.45) is 11.7 Å². The predicted molar refractivity (Wildman–Crippen MR) is 40.6 cm³/mol. The van der Waals surface area contributed by atoms with Crippen molar-refractivity contribution in [2.75, 3.05) is 0 Å². The van der Waals surface area contributed by atoms with Crippen molar-refractivity contribution in [3.05, 3.63) is 0 Å². The fourth-order valence-corrected chi connectivity index (χ4v) is 1.43. The number of halogens is 3. The molecule has 12 heavy (non-hydrogen) atoms. The lowest BCUT2D eigenvalue weighted by molar-refractivity contribution is -0.137. The van der Waals surface area contributed by atoms with E-state index in [9.17, 15) is 13.2 Å². The second kappa shape index (κ2) is 3.64. The Bertz CT molecular complexity index is 140. The monoisotopic (exact) mass is 181 g/mol. The third-order valence-corrected chi connectivity index (χ3v) is 2.52. The average Bonchev–Trinajstić information content (AvgIpc) is 1.78. The van der Waals surface area contributed by atoms with E-state index in [0.717, 1.165) is 19.3 Å². The topological polar surface area (TPSA) is 26.0 Å². The highest BCUT2D eigenvalue weighted by atomic mass is 19.4. The van der Waals surface area contributed by atoms with Crippen molar-refractivity contribution in [3.63, 3.8) is 0 Å². The van der Waals surface area contributed by atoms with Gasteiger partial charge >= 0.3 is 6.18 Å². The zero-order valence-electron chi connectivity index (χ0n) is 6.90. The number of hydrogen-bond acceptors (Lipinski definition) is 1. The summed E-state index contributed by atoms with van der Waals surface area (Å²) >= 11 is 0. The number of rotatable bonds is 3. The van der Waals surface area contributed by atoms with Gasteiger partial charge in [0.1, 0.15) is 0 Å². The Hall–Kier alpha value is -0.250. The molecule has 1 fully saturated rings. The predicted octanol–water partition coefficient (Wildman–Crippen LogP) is 2.46. The minimum atomic E-state index is -4.04. The van der Waals surface area contributed by atoms with Gasteiger partial charge in [0.25, 0.3) is 0 Å². The maximum atomic E-state index is 11.7. The van der Waals surface area contributed by atoms with Gasteiger partial charge in [-0.05, 0) is 25.2 Å². The molecule has 1 nitrogen and oxygen atoms in total. The summed E-state index contributed by atoms with van der Waals surface area (Å²) in [5.41, 5.74) is 5.59. The molecule has 0 aliphatic heterocycles. The van der Waals surface area contributed by atoms with Crippen molar-refractivity contribution in [3.8, 4) is 0 Å². The Balaban J connectivity index is 2.13. The van der Waals surface area contributed by atoms with Crippen molar-refractivity contribution >= 4 is 0 Å². The summed E-state index contributed by atoms with van der Waals surface area (Å²) < 4.78 is 35.2. The molecule has 0 amide bonds. The maximum absolute atomic E-state index is 11.7. The smallest absolute Gasteiger partial charge is 0.327 e. The molecule has 4 heteroatoms. The van der Waals surface area contributed by atoms with Gasteiger partial charge in [-0.2, -0.15) is 13.2 Å². The van der Waals surface area contributed by atoms with Crippen LogP contribution in [-0.2, 0) is 0 Å². The molecule has 1 saturated carbocycles. The molecule has 1 unspecified atom stereocenters. The molecule has 1 atom stereocenters. The van der Waals surface area contributed by atoms with Gasteiger partial charge in [-0.3, -0.25) is 0 Å². The van der Waals surface area contributed by atoms with Gasteiger partial charge in [-0.25, -0.2) is 0 Å². The molecule has 72 valence electrons. The standard InChI is InChI=1S/C8H14F3N/c9-8(10,11)5-4-7(12)6-2-1-3-6/h6-7H,1-5,12H2. The van der Waals surface area contributed by atoms with Crippen LogP contribution in [0.15, 0.2) is 0 Å². The van der Waals surface area contributed by atoms with E-state index in [0.29, 0.717) is 5.92 Å². The lowest BCUT2D eigenvalue weighted by Gasteiger charge is -2.31. The molecule has 0 heterocycles. The first-order valence-corrected chi connectivity index (χ1v) is 4.31. The van der Waals surface area contributed by atoms with Gasteiger partial charge in [-0.15, -0.1) is 0 Å². The summed E-state index contributed by atoms with van der Waals surface area (Å²) in [5, 5.41) is 0. The van der Waals surface area contributed by atoms with Crippen molar-refractivity contribution in [1.82, 2.24) is 0 Å². The first-order valence-electron chi connectivity index (χ1n) is 4.31. The van der Waals surface area contributed by atoms with Crippen LogP contribution in [0.4, 0.5) is 13.2 Å². The fourth-order valence-electron chi connectivity index (χ4n) is 1.43. The van der Waals surface area contributed by atoms with Gasteiger partial charge in [0, 0.05) is 12.5 Å². The zero-order chi connectivity index (χ0) is 9.19. The maximum Gasteiger partial charge on any atom is 0.389 e. The number of nitrogens with two attached hydrogens (primary N) is 1. The summed E-state index contributed by atoms with van der Waals surface area (Å²) in [6, 6.07) is -0.236. The first kappa shape index (κ1) is 9.84. The quantitative estimate of drug-likeness (QED) is 0.711. The normalized spacial score (nSPS) is 22.0. The van der Waals surface area contributed by atoms with Gasteiger partial charge in [0.15, 0.2) is 0 Å². The molecule has 2 N–H and O–H groups in total. The minimum absolute atomic E-state index is 0.0914. The largest absolute Gasteiger partial charge is 0.389 e. The van der Waals surface area contributed by atoms with E-state index < -0.39 is 12.6 Å². The van der Waals surface area contributed by atoms with Crippen LogP contribution < -0.4 is 5.73 Å². The van der Waals surface area contributed by atoms with Crippen LogP contribution in [0.1, 0.15) is 32.1 Å². The molecule has 1 aliphatic carbocycles. The highest BCUT2D eigenvalue weighted by Gasteiger charge is 2.31. The Kier molecular flexibility index (Phi) is 2.99. The first-order chi connectivity index (χ1) is 5.49. The lowest BCUT2D eigenvalue weighted by Crippen LogP contribution is -2.35. The molecule has 0 spiro atoms. The summed E-state index contributed by atoms with van der Waals surface area (Å²) in [7, 11) is 0. The Morgan fingerprint density at radius 2 is 1.92 bits per heavy atom. The Morgan fingerprint density at radius 3 is 2.25 bits per heavy atom. The summed E-state index contributed by atoms with van der Waals surface area (Å²) in [4.78, 5) is 0. The molecule has 0 radical (unpaired) electrons. The minimum Gasteiger partial charge on any atom is -0.327 e. The molecule has 1 rings (SSSR count).